The summed E-state index contributed by atoms with van der Waals surface area (Å²) in [5.74, 6) is 0.708. The summed E-state index contributed by atoms with van der Waals surface area (Å²) in [4.78, 5) is 21.4. The Balaban J connectivity index is 0.00000280. The van der Waals surface area contributed by atoms with Gasteiger partial charge >= 0.3 is 0 Å². The van der Waals surface area contributed by atoms with Crippen LogP contribution < -0.4 is 11.1 Å². The van der Waals surface area contributed by atoms with Crippen molar-refractivity contribution in [3.63, 3.8) is 0 Å². The minimum atomic E-state index is -0.237. The number of carbonyl (C=O) groups excluding carboxylic acids is 1. The van der Waals surface area contributed by atoms with Crippen molar-refractivity contribution in [3.8, 4) is 0 Å². The maximum Gasteiger partial charge on any atom is 0.217 e. The van der Waals surface area contributed by atoms with Gasteiger partial charge in [-0.1, -0.05) is 0 Å². The topological polar surface area (TPSA) is 86.5 Å². The molecule has 1 saturated heterocycles. The van der Waals surface area contributed by atoms with E-state index in [0.717, 1.165) is 61.3 Å². The number of piperidine rings is 1. The number of hydrogen-bond donors (Lipinski definition) is 3. The van der Waals surface area contributed by atoms with E-state index >= 15 is 0 Å². The highest BCUT2D eigenvalue weighted by Gasteiger charge is 2.23. The molecule has 0 aliphatic carbocycles. The zero-order valence-corrected chi connectivity index (χ0v) is 18.5. The number of aromatic nitrogens is 1. The number of carbonyl (C=O) groups is 1. The second-order valence-corrected chi connectivity index (χ2v) is 7.11. The lowest BCUT2D eigenvalue weighted by atomic mass is 9.95. The van der Waals surface area contributed by atoms with Gasteiger partial charge in [-0.2, -0.15) is 0 Å². The number of benzene rings is 1. The molecule has 2 aromatic rings. The molecular weight excluding hydrogens is 472 g/mol. The number of guanidine groups is 1. The number of primary amides is 1. The summed E-state index contributed by atoms with van der Waals surface area (Å²) < 4.78 is 13.3. The lowest BCUT2D eigenvalue weighted by molar-refractivity contribution is -0.119. The van der Waals surface area contributed by atoms with Crippen LogP contribution in [0.15, 0.2) is 29.4 Å². The third kappa shape index (κ3) is 5.83. The van der Waals surface area contributed by atoms with E-state index in [9.17, 15) is 9.18 Å². The summed E-state index contributed by atoms with van der Waals surface area (Å²) in [5, 5.41) is 4.39. The van der Waals surface area contributed by atoms with E-state index in [4.69, 9.17) is 10.7 Å². The standard InChI is InChI=1S/C20H28FN5O.HI/c1-2-23-20(26-9-3-4-14(13-26)10-19(22)27)24-8-7-15-12-25-18-11-16(21)5-6-17(15)18;/h5-6,11-12,14,25H,2-4,7-10,13H2,1H3,(H2,22,27)(H,23,24);1H. The largest absolute Gasteiger partial charge is 0.370 e. The number of fused-ring (bicyclic) bond motifs is 1. The molecule has 6 nitrogen and oxygen atoms in total. The summed E-state index contributed by atoms with van der Waals surface area (Å²) in [6, 6.07) is 4.81. The van der Waals surface area contributed by atoms with Crippen LogP contribution in [0.4, 0.5) is 4.39 Å². The van der Waals surface area contributed by atoms with Crippen LogP contribution in [0.3, 0.4) is 0 Å². The van der Waals surface area contributed by atoms with Crippen LogP contribution in [0.1, 0.15) is 31.7 Å². The van der Waals surface area contributed by atoms with Gasteiger partial charge in [-0.3, -0.25) is 9.79 Å². The van der Waals surface area contributed by atoms with Crippen molar-refractivity contribution < 1.29 is 9.18 Å². The number of nitrogens with zero attached hydrogens (tertiary/aromatic N) is 2. The summed E-state index contributed by atoms with van der Waals surface area (Å²) >= 11 is 0. The molecule has 3 rings (SSSR count). The molecule has 0 radical (unpaired) electrons. The van der Waals surface area contributed by atoms with Gasteiger partial charge in [-0.15, -0.1) is 24.0 Å². The van der Waals surface area contributed by atoms with Crippen LogP contribution in [0.2, 0.25) is 0 Å². The molecule has 1 unspecified atom stereocenters. The first kappa shape index (κ1) is 22.4. The van der Waals surface area contributed by atoms with Crippen LogP contribution in [0.5, 0.6) is 0 Å². The fourth-order valence-corrected chi connectivity index (χ4v) is 3.78. The summed E-state index contributed by atoms with van der Waals surface area (Å²) in [5.41, 5.74) is 7.31. The van der Waals surface area contributed by atoms with Crippen LogP contribution >= 0.6 is 24.0 Å². The van der Waals surface area contributed by atoms with Crippen molar-refractivity contribution in [2.75, 3.05) is 26.2 Å². The Kier molecular flexibility index (Phi) is 8.53. The van der Waals surface area contributed by atoms with Gasteiger partial charge in [0.05, 0.1) is 0 Å². The molecule has 4 N–H and O–H groups in total. The summed E-state index contributed by atoms with van der Waals surface area (Å²) in [6.45, 7) is 5.23. The van der Waals surface area contributed by atoms with Crippen molar-refractivity contribution >= 4 is 46.7 Å². The smallest absolute Gasteiger partial charge is 0.217 e. The molecule has 1 aliphatic rings. The van der Waals surface area contributed by atoms with Gasteiger partial charge in [0, 0.05) is 49.7 Å². The van der Waals surface area contributed by atoms with Gasteiger partial charge in [0.25, 0.3) is 0 Å². The molecule has 2 heterocycles. The van der Waals surface area contributed by atoms with E-state index in [2.05, 4.69) is 22.1 Å². The zero-order valence-electron chi connectivity index (χ0n) is 16.2. The number of amides is 1. The monoisotopic (exact) mass is 501 g/mol. The zero-order chi connectivity index (χ0) is 19.2. The number of aromatic amines is 1. The number of halogens is 2. The number of likely N-dealkylation sites (tertiary alicyclic amines) is 1. The predicted octanol–water partition coefficient (Wildman–Crippen LogP) is 3.02. The van der Waals surface area contributed by atoms with Crippen molar-refractivity contribution in [2.45, 2.75) is 32.6 Å². The average molecular weight is 501 g/mol. The van der Waals surface area contributed by atoms with Gasteiger partial charge in [0.2, 0.25) is 5.91 Å². The van der Waals surface area contributed by atoms with Crippen LogP contribution in [0, 0.1) is 11.7 Å². The summed E-state index contributed by atoms with van der Waals surface area (Å²) in [6.07, 6.45) is 5.21. The maximum atomic E-state index is 13.3. The van der Waals surface area contributed by atoms with E-state index in [0.29, 0.717) is 18.9 Å². The van der Waals surface area contributed by atoms with Crippen LogP contribution in [-0.2, 0) is 11.2 Å². The maximum absolute atomic E-state index is 13.3. The number of H-pyrrole nitrogens is 1. The highest BCUT2D eigenvalue weighted by atomic mass is 127. The highest BCUT2D eigenvalue weighted by molar-refractivity contribution is 14.0. The van der Waals surface area contributed by atoms with Crippen molar-refractivity contribution in [3.05, 3.63) is 35.8 Å². The molecule has 1 aliphatic heterocycles. The van der Waals surface area contributed by atoms with Crippen molar-refractivity contribution in [1.82, 2.24) is 15.2 Å². The van der Waals surface area contributed by atoms with E-state index < -0.39 is 0 Å². The minimum Gasteiger partial charge on any atom is -0.370 e. The van der Waals surface area contributed by atoms with Crippen LogP contribution in [-0.4, -0.2) is 47.9 Å². The molecule has 1 atom stereocenters. The van der Waals surface area contributed by atoms with Gasteiger partial charge in [0.15, 0.2) is 5.96 Å². The second kappa shape index (κ2) is 10.6. The van der Waals surface area contributed by atoms with Gasteiger partial charge in [0.1, 0.15) is 5.82 Å². The fourth-order valence-electron chi connectivity index (χ4n) is 3.78. The second-order valence-electron chi connectivity index (χ2n) is 7.11. The minimum absolute atomic E-state index is 0. The molecule has 28 heavy (non-hydrogen) atoms. The Hall–Kier alpha value is -1.84. The van der Waals surface area contributed by atoms with Gasteiger partial charge in [-0.25, -0.2) is 4.39 Å². The quantitative estimate of drug-likeness (QED) is 0.323. The fraction of sp³-hybridized carbons (Fsp3) is 0.500. The van der Waals surface area contributed by atoms with Crippen molar-refractivity contribution in [1.29, 1.82) is 0 Å². The molecule has 1 aromatic heterocycles. The first-order chi connectivity index (χ1) is 13.1. The molecule has 0 bridgehead atoms. The van der Waals surface area contributed by atoms with E-state index in [1.54, 1.807) is 0 Å². The van der Waals surface area contributed by atoms with Crippen molar-refractivity contribution in [2.24, 2.45) is 16.6 Å². The number of hydrogen-bond acceptors (Lipinski definition) is 2. The third-order valence-electron chi connectivity index (χ3n) is 5.02. The molecule has 0 saturated carbocycles. The molecule has 8 heteroatoms. The average Bonchev–Trinajstić information content (AvgIpc) is 3.02. The Morgan fingerprint density at radius 2 is 2.29 bits per heavy atom. The predicted molar refractivity (Wildman–Crippen MR) is 121 cm³/mol. The number of aliphatic imine (C=N–C) groups is 1. The van der Waals surface area contributed by atoms with E-state index in [-0.39, 0.29) is 35.7 Å². The molecular formula is C20H29FIN5O. The molecule has 0 spiro atoms. The Morgan fingerprint density at radius 1 is 1.46 bits per heavy atom. The normalized spacial score (nSPS) is 17.4. The summed E-state index contributed by atoms with van der Waals surface area (Å²) in [7, 11) is 0. The highest BCUT2D eigenvalue weighted by Crippen LogP contribution is 2.21. The number of rotatable bonds is 6. The molecule has 1 amide bonds. The lowest BCUT2D eigenvalue weighted by Gasteiger charge is -2.34. The lowest BCUT2D eigenvalue weighted by Crippen LogP contribution is -2.47. The van der Waals surface area contributed by atoms with Crippen LogP contribution in [0.25, 0.3) is 10.9 Å². The van der Waals surface area contributed by atoms with E-state index in [1.807, 2.05) is 12.3 Å². The first-order valence-electron chi connectivity index (χ1n) is 9.64. The Labute approximate surface area is 182 Å². The molecule has 1 aromatic carbocycles. The number of nitrogens with two attached hydrogens (primary N) is 1. The molecule has 1 fully saturated rings. The number of nitrogens with one attached hydrogen (secondary N) is 2. The third-order valence-corrected chi connectivity index (χ3v) is 5.02. The van der Waals surface area contributed by atoms with Gasteiger partial charge < -0.3 is 20.9 Å². The first-order valence-corrected chi connectivity index (χ1v) is 9.64. The Bertz CT molecular complexity index is 822. The van der Waals surface area contributed by atoms with Gasteiger partial charge in [-0.05, 0) is 55.9 Å². The SMILES string of the molecule is CCNC(=NCCc1c[nH]c2cc(F)ccc12)N1CCCC(CC(N)=O)C1.I. The van der Waals surface area contributed by atoms with E-state index in [1.165, 1.54) is 12.1 Å². The molecule has 154 valence electrons. The Morgan fingerprint density at radius 3 is 3.04 bits per heavy atom.